The molecule has 0 aliphatic rings. The quantitative estimate of drug-likeness (QED) is 0.369. The molecule has 0 radical (unpaired) electrons. The van der Waals surface area contributed by atoms with Gasteiger partial charge >= 0.3 is 21.6 Å². The van der Waals surface area contributed by atoms with Crippen molar-refractivity contribution < 1.29 is 35.3 Å². The molecular weight excluding hydrogens is 289 g/mol. The van der Waals surface area contributed by atoms with E-state index in [-0.39, 0.29) is 12.2 Å². The zero-order chi connectivity index (χ0) is 14.7. The highest BCUT2D eigenvalue weighted by atomic mass is 32.2. The van der Waals surface area contributed by atoms with Gasteiger partial charge in [0.15, 0.2) is 0 Å². The summed E-state index contributed by atoms with van der Waals surface area (Å²) in [5.74, 6) is -1.32. The molecule has 0 N–H and O–H groups in total. The SMILES string of the molecule is CCC(=O)Oc1cccc(OS(=O)(=O)C(F)(F)F)c1. The molecule has 0 unspecified atom stereocenters. The number of carbonyl (C=O) groups excluding carboxylic acids is 1. The second-order valence-corrected chi connectivity index (χ2v) is 4.82. The van der Waals surface area contributed by atoms with E-state index in [9.17, 15) is 26.4 Å². The van der Waals surface area contributed by atoms with Gasteiger partial charge in [0.1, 0.15) is 11.5 Å². The number of ether oxygens (including phenoxy) is 1. The van der Waals surface area contributed by atoms with E-state index in [0.717, 1.165) is 12.1 Å². The Bertz CT molecular complexity index is 565. The van der Waals surface area contributed by atoms with Gasteiger partial charge in [-0.05, 0) is 12.1 Å². The third-order valence-electron chi connectivity index (χ3n) is 1.82. The lowest BCUT2D eigenvalue weighted by atomic mass is 10.3. The van der Waals surface area contributed by atoms with Crippen LogP contribution in [0.15, 0.2) is 24.3 Å². The fourth-order valence-corrected chi connectivity index (χ4v) is 1.42. The standard InChI is InChI=1S/C10H9F3O5S/c1-2-9(14)17-7-4-3-5-8(6-7)18-19(15,16)10(11,12)13/h3-6H,2H2,1H3. The van der Waals surface area contributed by atoms with Crippen molar-refractivity contribution in [2.45, 2.75) is 18.9 Å². The number of rotatable bonds is 4. The first-order valence-corrected chi connectivity index (χ1v) is 6.38. The van der Waals surface area contributed by atoms with Gasteiger partial charge < -0.3 is 8.92 Å². The number of hydrogen-bond acceptors (Lipinski definition) is 5. The predicted molar refractivity (Wildman–Crippen MR) is 58.0 cm³/mol. The smallest absolute Gasteiger partial charge is 0.426 e. The van der Waals surface area contributed by atoms with E-state index in [1.165, 1.54) is 19.1 Å². The second kappa shape index (κ2) is 5.47. The third kappa shape index (κ3) is 4.12. The van der Waals surface area contributed by atoms with Gasteiger partial charge in [0.05, 0.1) is 0 Å². The van der Waals surface area contributed by atoms with Gasteiger partial charge in [0, 0.05) is 12.5 Å². The fourth-order valence-electron chi connectivity index (χ4n) is 0.967. The lowest BCUT2D eigenvalue weighted by molar-refractivity contribution is -0.134. The Morgan fingerprint density at radius 3 is 2.37 bits per heavy atom. The fraction of sp³-hybridized carbons (Fsp3) is 0.300. The number of benzene rings is 1. The summed E-state index contributed by atoms with van der Waals surface area (Å²) < 4.78 is 66.4. The van der Waals surface area contributed by atoms with Crippen LogP contribution in [0.25, 0.3) is 0 Å². The van der Waals surface area contributed by atoms with Gasteiger partial charge in [-0.15, -0.1) is 0 Å². The average molecular weight is 298 g/mol. The van der Waals surface area contributed by atoms with Crippen molar-refractivity contribution in [1.82, 2.24) is 0 Å². The van der Waals surface area contributed by atoms with Crippen molar-refractivity contribution in [2.24, 2.45) is 0 Å². The second-order valence-electron chi connectivity index (χ2n) is 3.29. The predicted octanol–water partition coefficient (Wildman–Crippen LogP) is 2.23. The molecule has 0 aliphatic carbocycles. The molecular formula is C10H9F3O5S. The highest BCUT2D eigenvalue weighted by Gasteiger charge is 2.48. The van der Waals surface area contributed by atoms with E-state index >= 15 is 0 Å². The molecule has 0 heterocycles. The summed E-state index contributed by atoms with van der Waals surface area (Å²) in [4.78, 5) is 11.0. The van der Waals surface area contributed by atoms with Gasteiger partial charge in [-0.25, -0.2) is 0 Å². The Morgan fingerprint density at radius 1 is 1.26 bits per heavy atom. The monoisotopic (exact) mass is 298 g/mol. The van der Waals surface area contributed by atoms with Crippen molar-refractivity contribution in [3.8, 4) is 11.5 Å². The van der Waals surface area contributed by atoms with Crippen LogP contribution in [0.3, 0.4) is 0 Å². The Kier molecular flexibility index (Phi) is 4.40. The van der Waals surface area contributed by atoms with Crippen LogP contribution in [0.5, 0.6) is 11.5 Å². The molecule has 1 rings (SSSR count). The van der Waals surface area contributed by atoms with E-state index in [1.54, 1.807) is 0 Å². The Balaban J connectivity index is 2.92. The lowest BCUT2D eigenvalue weighted by Crippen LogP contribution is -2.28. The van der Waals surface area contributed by atoms with Crippen molar-refractivity contribution in [2.75, 3.05) is 0 Å². The third-order valence-corrected chi connectivity index (χ3v) is 2.79. The molecule has 0 saturated carbocycles. The van der Waals surface area contributed by atoms with Crippen LogP contribution in [-0.4, -0.2) is 19.9 Å². The van der Waals surface area contributed by atoms with Crippen LogP contribution in [0.4, 0.5) is 13.2 Å². The Labute approximate surface area is 107 Å². The van der Waals surface area contributed by atoms with E-state index in [1.807, 2.05) is 0 Å². The summed E-state index contributed by atoms with van der Waals surface area (Å²) in [6.45, 7) is 1.52. The van der Waals surface area contributed by atoms with Crippen molar-refractivity contribution in [1.29, 1.82) is 0 Å². The summed E-state index contributed by atoms with van der Waals surface area (Å²) in [6.07, 6.45) is 0.0614. The van der Waals surface area contributed by atoms with E-state index in [0.29, 0.717) is 0 Å². The number of alkyl halides is 3. The van der Waals surface area contributed by atoms with Gasteiger partial charge in [0.2, 0.25) is 0 Å². The van der Waals surface area contributed by atoms with Crippen LogP contribution in [0.1, 0.15) is 13.3 Å². The Morgan fingerprint density at radius 2 is 1.84 bits per heavy atom. The molecule has 5 nitrogen and oxygen atoms in total. The number of esters is 1. The number of halogens is 3. The first kappa shape index (κ1) is 15.3. The summed E-state index contributed by atoms with van der Waals surface area (Å²) in [7, 11) is -5.74. The number of carbonyl (C=O) groups is 1. The zero-order valence-electron chi connectivity index (χ0n) is 9.60. The molecule has 0 saturated heterocycles. The lowest BCUT2D eigenvalue weighted by Gasteiger charge is -2.10. The van der Waals surface area contributed by atoms with E-state index in [4.69, 9.17) is 4.74 Å². The molecule has 0 atom stereocenters. The van der Waals surface area contributed by atoms with Crippen molar-refractivity contribution >= 4 is 16.1 Å². The Hall–Kier alpha value is -1.77. The largest absolute Gasteiger partial charge is 0.534 e. The molecule has 1 aromatic rings. The summed E-state index contributed by atoms with van der Waals surface area (Å²) in [6, 6.07) is 4.34. The normalized spacial score (nSPS) is 12.0. The summed E-state index contributed by atoms with van der Waals surface area (Å²) in [5, 5.41) is 0. The molecule has 9 heteroatoms. The van der Waals surface area contributed by atoms with Crippen LogP contribution < -0.4 is 8.92 Å². The van der Waals surface area contributed by atoms with Gasteiger partial charge in [-0.3, -0.25) is 4.79 Å². The van der Waals surface area contributed by atoms with Crippen LogP contribution in [-0.2, 0) is 14.9 Å². The van der Waals surface area contributed by atoms with Gasteiger partial charge in [0.25, 0.3) is 0 Å². The zero-order valence-corrected chi connectivity index (χ0v) is 10.4. The van der Waals surface area contributed by atoms with Crippen molar-refractivity contribution in [3.63, 3.8) is 0 Å². The molecule has 106 valence electrons. The topological polar surface area (TPSA) is 69.7 Å². The maximum absolute atomic E-state index is 12.1. The highest BCUT2D eigenvalue weighted by molar-refractivity contribution is 7.87. The molecule has 0 aromatic heterocycles. The molecule has 0 spiro atoms. The molecule has 1 aromatic carbocycles. The average Bonchev–Trinajstić information content (AvgIpc) is 2.27. The van der Waals surface area contributed by atoms with Crippen LogP contribution >= 0.6 is 0 Å². The molecule has 0 amide bonds. The maximum atomic E-state index is 12.1. The molecule has 19 heavy (non-hydrogen) atoms. The molecule has 0 fully saturated rings. The molecule has 0 aliphatic heterocycles. The van der Waals surface area contributed by atoms with Gasteiger partial charge in [-0.2, -0.15) is 21.6 Å². The van der Waals surface area contributed by atoms with Crippen molar-refractivity contribution in [3.05, 3.63) is 24.3 Å². The summed E-state index contributed by atoms with van der Waals surface area (Å²) in [5.41, 5.74) is -5.52. The summed E-state index contributed by atoms with van der Waals surface area (Å²) >= 11 is 0. The van der Waals surface area contributed by atoms with Crippen LogP contribution in [0, 0.1) is 0 Å². The minimum atomic E-state index is -5.74. The van der Waals surface area contributed by atoms with E-state index < -0.39 is 27.3 Å². The van der Waals surface area contributed by atoms with E-state index in [2.05, 4.69) is 4.18 Å². The van der Waals surface area contributed by atoms with Crippen LogP contribution in [0.2, 0.25) is 0 Å². The maximum Gasteiger partial charge on any atom is 0.534 e. The molecule has 0 bridgehead atoms. The van der Waals surface area contributed by atoms with Gasteiger partial charge in [-0.1, -0.05) is 13.0 Å². The first-order valence-electron chi connectivity index (χ1n) is 4.97. The highest BCUT2D eigenvalue weighted by Crippen LogP contribution is 2.28. The minimum absolute atomic E-state index is 0.0614. The number of hydrogen-bond donors (Lipinski definition) is 0. The first-order chi connectivity index (χ1) is 8.65. The minimum Gasteiger partial charge on any atom is -0.426 e.